The molecule has 1 aliphatic carbocycles. The Bertz CT molecular complexity index is 974. The standard InChI is InChI=1S/C23H29ClN2O4S/c1-17(18-9-5-4-6-10-18)26-31(28,29)20-13-14-22(21(24)15-20)30-16-23(27)25-19-11-7-2-3-8-12-19/h4-6,9-10,13-15,17,19,26H,2-3,7-8,11-12,16H2,1H3,(H,25,27)/t17-/m0/s1. The van der Waals surface area contributed by atoms with E-state index in [1.165, 1.54) is 31.0 Å². The van der Waals surface area contributed by atoms with Crippen LogP contribution in [0.4, 0.5) is 0 Å². The van der Waals surface area contributed by atoms with Crippen molar-refractivity contribution in [1.82, 2.24) is 10.0 Å². The van der Waals surface area contributed by atoms with Crippen LogP contribution < -0.4 is 14.8 Å². The quantitative estimate of drug-likeness (QED) is 0.559. The largest absolute Gasteiger partial charge is 0.482 e. The molecule has 0 heterocycles. The SMILES string of the molecule is C[C@H](NS(=O)(=O)c1ccc(OCC(=O)NC2CCCCCC2)c(Cl)c1)c1ccccc1. The van der Waals surface area contributed by atoms with Crippen molar-refractivity contribution in [2.75, 3.05) is 6.61 Å². The molecule has 1 amide bonds. The van der Waals surface area contributed by atoms with Gasteiger partial charge in [0.2, 0.25) is 10.0 Å². The summed E-state index contributed by atoms with van der Waals surface area (Å²) >= 11 is 6.24. The van der Waals surface area contributed by atoms with Crippen LogP contribution in [0.1, 0.15) is 57.1 Å². The molecule has 0 aliphatic heterocycles. The molecule has 0 spiro atoms. The van der Waals surface area contributed by atoms with Crippen molar-refractivity contribution in [3.63, 3.8) is 0 Å². The van der Waals surface area contributed by atoms with Gasteiger partial charge < -0.3 is 10.1 Å². The summed E-state index contributed by atoms with van der Waals surface area (Å²) in [7, 11) is -3.77. The number of hydrogen-bond donors (Lipinski definition) is 2. The molecule has 2 N–H and O–H groups in total. The van der Waals surface area contributed by atoms with Gasteiger partial charge in [0, 0.05) is 12.1 Å². The molecule has 1 fully saturated rings. The predicted molar refractivity (Wildman–Crippen MR) is 122 cm³/mol. The molecule has 168 valence electrons. The Kier molecular flexibility index (Phi) is 8.35. The first kappa shape index (κ1) is 23.6. The second-order valence-electron chi connectivity index (χ2n) is 7.89. The predicted octanol–water partition coefficient (Wildman–Crippen LogP) is 4.60. The molecule has 3 rings (SSSR count). The zero-order valence-electron chi connectivity index (χ0n) is 17.6. The van der Waals surface area contributed by atoms with Gasteiger partial charge in [-0.05, 0) is 43.5 Å². The van der Waals surface area contributed by atoms with Crippen LogP contribution in [-0.2, 0) is 14.8 Å². The van der Waals surface area contributed by atoms with Gasteiger partial charge in [0.05, 0.1) is 9.92 Å². The first-order valence-electron chi connectivity index (χ1n) is 10.6. The molecule has 1 saturated carbocycles. The Morgan fingerprint density at radius 1 is 1.10 bits per heavy atom. The van der Waals surface area contributed by atoms with E-state index in [0.717, 1.165) is 31.2 Å². The summed E-state index contributed by atoms with van der Waals surface area (Å²) in [5, 5.41) is 3.15. The van der Waals surface area contributed by atoms with Gasteiger partial charge in [-0.25, -0.2) is 13.1 Å². The van der Waals surface area contributed by atoms with Gasteiger partial charge in [-0.2, -0.15) is 0 Å². The van der Waals surface area contributed by atoms with Gasteiger partial charge in [-0.3, -0.25) is 4.79 Å². The van der Waals surface area contributed by atoms with Gasteiger partial charge in [0.25, 0.3) is 5.91 Å². The Balaban J connectivity index is 1.58. The molecule has 31 heavy (non-hydrogen) atoms. The van der Waals surface area contributed by atoms with Gasteiger partial charge in [0.15, 0.2) is 6.61 Å². The van der Waals surface area contributed by atoms with E-state index in [-0.39, 0.29) is 34.2 Å². The maximum absolute atomic E-state index is 12.7. The van der Waals surface area contributed by atoms with Crippen LogP contribution in [0, 0.1) is 0 Å². The number of ether oxygens (including phenoxy) is 1. The van der Waals surface area contributed by atoms with Crippen LogP contribution in [0.3, 0.4) is 0 Å². The average Bonchev–Trinajstić information content (AvgIpc) is 3.01. The lowest BCUT2D eigenvalue weighted by Gasteiger charge is -2.17. The molecule has 0 saturated heterocycles. The van der Waals surface area contributed by atoms with Crippen molar-refractivity contribution >= 4 is 27.5 Å². The number of rotatable bonds is 8. The van der Waals surface area contributed by atoms with Crippen molar-refractivity contribution in [3.8, 4) is 5.75 Å². The van der Waals surface area contributed by atoms with Crippen LogP contribution in [0.25, 0.3) is 0 Å². The second kappa shape index (κ2) is 11.0. The number of nitrogens with one attached hydrogen (secondary N) is 2. The van der Waals surface area contributed by atoms with Crippen LogP contribution in [0.15, 0.2) is 53.4 Å². The molecule has 2 aromatic rings. The van der Waals surface area contributed by atoms with Gasteiger partial charge in [-0.1, -0.05) is 67.6 Å². The molecule has 1 atom stereocenters. The molecule has 0 bridgehead atoms. The average molecular weight is 465 g/mol. The van der Waals surface area contributed by atoms with Gasteiger partial charge in [-0.15, -0.1) is 0 Å². The molecular formula is C23H29ClN2O4S. The molecule has 0 radical (unpaired) electrons. The first-order chi connectivity index (χ1) is 14.8. The summed E-state index contributed by atoms with van der Waals surface area (Å²) in [6, 6.07) is 13.3. The Morgan fingerprint density at radius 3 is 2.42 bits per heavy atom. The molecule has 0 unspecified atom stereocenters. The summed E-state index contributed by atoms with van der Waals surface area (Å²) in [4.78, 5) is 12.2. The molecule has 6 nitrogen and oxygen atoms in total. The van der Waals surface area contributed by atoms with Crippen molar-refractivity contribution < 1.29 is 17.9 Å². The third-order valence-corrected chi connectivity index (χ3v) is 7.26. The van der Waals surface area contributed by atoms with Crippen molar-refractivity contribution in [2.45, 2.75) is 62.4 Å². The van der Waals surface area contributed by atoms with E-state index >= 15 is 0 Å². The first-order valence-corrected chi connectivity index (χ1v) is 12.5. The van der Waals surface area contributed by atoms with Crippen LogP contribution >= 0.6 is 11.6 Å². The van der Waals surface area contributed by atoms with Gasteiger partial charge >= 0.3 is 0 Å². The highest BCUT2D eigenvalue weighted by molar-refractivity contribution is 7.89. The number of benzene rings is 2. The maximum Gasteiger partial charge on any atom is 0.258 e. The number of halogens is 1. The molecule has 2 aromatic carbocycles. The van der Waals surface area contributed by atoms with E-state index in [9.17, 15) is 13.2 Å². The molecule has 1 aliphatic rings. The van der Waals surface area contributed by atoms with Crippen LogP contribution in [0.2, 0.25) is 5.02 Å². The van der Waals surface area contributed by atoms with Crippen LogP contribution in [-0.4, -0.2) is 27.0 Å². The van der Waals surface area contributed by atoms with Crippen LogP contribution in [0.5, 0.6) is 5.75 Å². The number of hydrogen-bond acceptors (Lipinski definition) is 4. The summed E-state index contributed by atoms with van der Waals surface area (Å²) in [6.45, 7) is 1.62. The zero-order valence-corrected chi connectivity index (χ0v) is 19.2. The Morgan fingerprint density at radius 2 is 1.77 bits per heavy atom. The zero-order chi connectivity index (χ0) is 22.3. The normalized spacial score (nSPS) is 16.3. The lowest BCUT2D eigenvalue weighted by atomic mass is 10.1. The summed E-state index contributed by atoms with van der Waals surface area (Å²) in [6.07, 6.45) is 6.68. The molecular weight excluding hydrogens is 436 g/mol. The van der Waals surface area contributed by atoms with E-state index in [2.05, 4.69) is 10.0 Å². The third-order valence-electron chi connectivity index (χ3n) is 5.42. The lowest BCUT2D eigenvalue weighted by molar-refractivity contribution is -0.123. The maximum atomic E-state index is 12.7. The van der Waals surface area contributed by atoms with E-state index in [0.29, 0.717) is 0 Å². The Labute approximate surface area is 189 Å². The minimum atomic E-state index is -3.77. The van der Waals surface area contributed by atoms with E-state index < -0.39 is 16.1 Å². The van der Waals surface area contributed by atoms with Gasteiger partial charge in [0.1, 0.15) is 5.75 Å². The van der Waals surface area contributed by atoms with Crippen molar-refractivity contribution in [3.05, 3.63) is 59.1 Å². The topological polar surface area (TPSA) is 84.5 Å². The lowest BCUT2D eigenvalue weighted by Crippen LogP contribution is -2.37. The fourth-order valence-electron chi connectivity index (χ4n) is 3.71. The number of carbonyl (C=O) groups excluding carboxylic acids is 1. The smallest absolute Gasteiger partial charge is 0.258 e. The minimum absolute atomic E-state index is 0.0375. The molecule has 8 heteroatoms. The highest BCUT2D eigenvalue weighted by Crippen LogP contribution is 2.28. The summed E-state index contributed by atoms with van der Waals surface area (Å²) in [5.41, 5.74) is 0.858. The minimum Gasteiger partial charge on any atom is -0.482 e. The fourth-order valence-corrected chi connectivity index (χ4v) is 5.27. The highest BCUT2D eigenvalue weighted by Gasteiger charge is 2.20. The van der Waals surface area contributed by atoms with Crippen molar-refractivity contribution in [1.29, 1.82) is 0 Å². The van der Waals surface area contributed by atoms with E-state index in [1.54, 1.807) is 6.92 Å². The molecule has 0 aromatic heterocycles. The second-order valence-corrected chi connectivity index (χ2v) is 10.0. The van der Waals surface area contributed by atoms with Crippen molar-refractivity contribution in [2.24, 2.45) is 0 Å². The van der Waals surface area contributed by atoms with E-state index in [1.807, 2.05) is 30.3 Å². The van der Waals surface area contributed by atoms with E-state index in [4.69, 9.17) is 16.3 Å². The number of sulfonamides is 1. The number of amides is 1. The summed E-state index contributed by atoms with van der Waals surface area (Å²) < 4.78 is 33.6. The number of carbonyl (C=O) groups is 1. The summed E-state index contributed by atoms with van der Waals surface area (Å²) in [5.74, 6) is 0.0748. The monoisotopic (exact) mass is 464 g/mol. The fraction of sp³-hybridized carbons (Fsp3) is 0.435. The Hall–Kier alpha value is -2.09. The highest BCUT2D eigenvalue weighted by atomic mass is 35.5. The third kappa shape index (κ3) is 6.95.